The number of aryl methyl sites for hydroxylation is 1. The zero-order valence-corrected chi connectivity index (χ0v) is 18.6. The van der Waals surface area contributed by atoms with Crippen molar-refractivity contribution in [1.29, 1.82) is 0 Å². The number of benzene rings is 3. The van der Waals surface area contributed by atoms with E-state index in [0.717, 1.165) is 22.7 Å². The van der Waals surface area contributed by atoms with Gasteiger partial charge in [0.1, 0.15) is 11.6 Å². The summed E-state index contributed by atoms with van der Waals surface area (Å²) in [5.74, 6) is 1.19. The molecule has 0 unspecified atom stereocenters. The molecule has 0 fully saturated rings. The van der Waals surface area contributed by atoms with E-state index < -0.39 is 0 Å². The van der Waals surface area contributed by atoms with Gasteiger partial charge in [-0.15, -0.1) is 0 Å². The molecular weight excluding hydrogens is 409 g/mol. The Balaban J connectivity index is 1.84. The topological polar surface area (TPSA) is 38.1 Å². The van der Waals surface area contributed by atoms with E-state index in [0.29, 0.717) is 16.7 Å². The minimum atomic E-state index is -0.279. The van der Waals surface area contributed by atoms with E-state index >= 15 is 0 Å². The zero-order chi connectivity index (χ0) is 22.0. The first-order chi connectivity index (χ1) is 15.0. The number of halogens is 1. The van der Waals surface area contributed by atoms with Crippen LogP contribution in [0.25, 0.3) is 10.9 Å². The van der Waals surface area contributed by atoms with Crippen molar-refractivity contribution in [3.05, 3.63) is 100 Å². The summed E-state index contributed by atoms with van der Waals surface area (Å²) in [7, 11) is 1.90. The van der Waals surface area contributed by atoms with E-state index in [1.807, 2.05) is 61.5 Å². The standard InChI is InChI=1S/C25H24FN3OS/c1-17-27-23-14-13-21(28(2)20-11-9-19(26)10-12-20)15-22(23)25(30)29(17)24(16-31-3)18-7-5-4-6-8-18/h4-15,24H,16H2,1-3H3/t24-/m1/s1. The molecule has 0 amide bonds. The maximum absolute atomic E-state index is 13.6. The van der Waals surface area contributed by atoms with Gasteiger partial charge >= 0.3 is 0 Å². The first kappa shape index (κ1) is 21.1. The summed E-state index contributed by atoms with van der Waals surface area (Å²) < 4.78 is 15.1. The number of thioether (sulfide) groups is 1. The van der Waals surface area contributed by atoms with E-state index in [1.165, 1.54) is 12.1 Å². The lowest BCUT2D eigenvalue weighted by Gasteiger charge is -2.23. The molecule has 1 aromatic heterocycles. The average molecular weight is 434 g/mol. The van der Waals surface area contributed by atoms with Crippen LogP contribution in [0.3, 0.4) is 0 Å². The minimum Gasteiger partial charge on any atom is -0.345 e. The molecule has 0 aliphatic carbocycles. The van der Waals surface area contributed by atoms with Crippen LogP contribution in [0.5, 0.6) is 0 Å². The summed E-state index contributed by atoms with van der Waals surface area (Å²) in [6, 6.07) is 21.9. The predicted molar refractivity (Wildman–Crippen MR) is 128 cm³/mol. The summed E-state index contributed by atoms with van der Waals surface area (Å²) in [6.07, 6.45) is 2.04. The van der Waals surface area contributed by atoms with Gasteiger partial charge in [0, 0.05) is 24.2 Å². The predicted octanol–water partition coefficient (Wildman–Crippen LogP) is 5.56. The van der Waals surface area contributed by atoms with Gasteiger partial charge in [0.15, 0.2) is 0 Å². The SMILES string of the molecule is CSC[C@H](c1ccccc1)n1c(C)nc2ccc(N(C)c3ccc(F)cc3)cc2c1=O. The molecule has 4 aromatic rings. The van der Waals surface area contributed by atoms with Crippen LogP contribution in [0.2, 0.25) is 0 Å². The fourth-order valence-corrected chi connectivity index (χ4v) is 4.50. The zero-order valence-electron chi connectivity index (χ0n) is 17.7. The number of fused-ring (bicyclic) bond motifs is 1. The summed E-state index contributed by atoms with van der Waals surface area (Å²) in [4.78, 5) is 20.3. The molecule has 0 saturated carbocycles. The van der Waals surface area contributed by atoms with Gasteiger partial charge in [0.25, 0.3) is 5.56 Å². The first-order valence-electron chi connectivity index (χ1n) is 10.1. The van der Waals surface area contributed by atoms with Crippen LogP contribution in [0.1, 0.15) is 17.4 Å². The van der Waals surface area contributed by atoms with Crippen molar-refractivity contribution in [1.82, 2.24) is 9.55 Å². The summed E-state index contributed by atoms with van der Waals surface area (Å²) >= 11 is 1.70. The van der Waals surface area contributed by atoms with E-state index in [1.54, 1.807) is 28.5 Å². The quantitative estimate of drug-likeness (QED) is 0.399. The van der Waals surface area contributed by atoms with Gasteiger partial charge in [-0.05, 0) is 61.2 Å². The number of nitrogens with zero attached hydrogens (tertiary/aromatic N) is 3. The Labute approximate surface area is 185 Å². The van der Waals surface area contributed by atoms with E-state index in [-0.39, 0.29) is 17.4 Å². The molecule has 31 heavy (non-hydrogen) atoms. The molecule has 3 aromatic carbocycles. The van der Waals surface area contributed by atoms with Gasteiger partial charge in [0.05, 0.1) is 16.9 Å². The van der Waals surface area contributed by atoms with Crippen molar-refractivity contribution in [3.8, 4) is 0 Å². The van der Waals surface area contributed by atoms with Crippen molar-refractivity contribution in [2.45, 2.75) is 13.0 Å². The highest BCUT2D eigenvalue weighted by atomic mass is 32.2. The molecule has 1 atom stereocenters. The fourth-order valence-electron chi connectivity index (χ4n) is 3.84. The number of anilines is 2. The molecule has 0 bridgehead atoms. The van der Waals surface area contributed by atoms with Gasteiger partial charge in [-0.2, -0.15) is 11.8 Å². The number of hydrogen-bond donors (Lipinski definition) is 0. The number of hydrogen-bond acceptors (Lipinski definition) is 4. The normalized spacial score (nSPS) is 12.1. The van der Waals surface area contributed by atoms with Gasteiger partial charge < -0.3 is 4.90 Å². The lowest BCUT2D eigenvalue weighted by atomic mass is 10.1. The largest absolute Gasteiger partial charge is 0.345 e. The lowest BCUT2D eigenvalue weighted by molar-refractivity contribution is 0.596. The summed E-state index contributed by atoms with van der Waals surface area (Å²) in [6.45, 7) is 1.88. The highest BCUT2D eigenvalue weighted by molar-refractivity contribution is 7.98. The van der Waals surface area contributed by atoms with Crippen molar-refractivity contribution >= 4 is 34.0 Å². The average Bonchev–Trinajstić information content (AvgIpc) is 2.79. The monoisotopic (exact) mass is 433 g/mol. The second-order valence-corrected chi connectivity index (χ2v) is 8.36. The Morgan fingerprint density at radius 2 is 1.71 bits per heavy atom. The molecular formula is C25H24FN3OS. The van der Waals surface area contributed by atoms with Crippen LogP contribution in [-0.4, -0.2) is 28.6 Å². The fraction of sp³-hybridized carbons (Fsp3) is 0.200. The second kappa shape index (κ2) is 8.94. The van der Waals surface area contributed by atoms with E-state index in [2.05, 4.69) is 12.1 Å². The molecule has 0 radical (unpaired) electrons. The van der Waals surface area contributed by atoms with Crippen LogP contribution in [-0.2, 0) is 0 Å². The third-order valence-corrected chi connectivity index (χ3v) is 6.13. The molecule has 4 rings (SSSR count). The molecule has 158 valence electrons. The Morgan fingerprint density at radius 3 is 2.39 bits per heavy atom. The minimum absolute atomic E-state index is 0.0558. The molecule has 4 nitrogen and oxygen atoms in total. The highest BCUT2D eigenvalue weighted by Crippen LogP contribution is 2.27. The van der Waals surface area contributed by atoms with Crippen LogP contribution < -0.4 is 10.5 Å². The summed E-state index contributed by atoms with van der Waals surface area (Å²) in [5.41, 5.74) is 3.38. The van der Waals surface area contributed by atoms with Crippen LogP contribution in [0, 0.1) is 12.7 Å². The first-order valence-corrected chi connectivity index (χ1v) is 11.4. The summed E-state index contributed by atoms with van der Waals surface area (Å²) in [5, 5.41) is 0.569. The third kappa shape index (κ3) is 4.21. The molecule has 0 aliphatic heterocycles. The molecule has 0 N–H and O–H groups in total. The highest BCUT2D eigenvalue weighted by Gasteiger charge is 2.19. The van der Waals surface area contributed by atoms with Gasteiger partial charge in [0.2, 0.25) is 0 Å². The lowest BCUT2D eigenvalue weighted by Crippen LogP contribution is -2.30. The maximum atomic E-state index is 13.6. The van der Waals surface area contributed by atoms with E-state index in [4.69, 9.17) is 4.98 Å². The van der Waals surface area contributed by atoms with Gasteiger partial charge in [-0.1, -0.05) is 30.3 Å². The van der Waals surface area contributed by atoms with Crippen molar-refractivity contribution < 1.29 is 4.39 Å². The molecule has 0 saturated heterocycles. The van der Waals surface area contributed by atoms with Crippen molar-refractivity contribution in [2.75, 3.05) is 24.0 Å². The Hall–Kier alpha value is -3.12. The Bertz CT molecular complexity index is 1260. The second-order valence-electron chi connectivity index (χ2n) is 7.45. The molecule has 0 spiro atoms. The number of rotatable bonds is 6. The van der Waals surface area contributed by atoms with Gasteiger partial charge in [-0.3, -0.25) is 9.36 Å². The van der Waals surface area contributed by atoms with Crippen LogP contribution in [0.4, 0.5) is 15.8 Å². The van der Waals surface area contributed by atoms with Crippen LogP contribution >= 0.6 is 11.8 Å². The third-order valence-electron chi connectivity index (χ3n) is 5.48. The molecule has 1 heterocycles. The van der Waals surface area contributed by atoms with E-state index in [9.17, 15) is 9.18 Å². The Morgan fingerprint density at radius 1 is 1.03 bits per heavy atom. The molecule has 6 heteroatoms. The van der Waals surface area contributed by atoms with Gasteiger partial charge in [-0.25, -0.2) is 9.37 Å². The van der Waals surface area contributed by atoms with Crippen LogP contribution in [0.15, 0.2) is 77.6 Å². The number of aromatic nitrogens is 2. The van der Waals surface area contributed by atoms with Crippen molar-refractivity contribution in [3.63, 3.8) is 0 Å². The Kier molecular flexibility index (Phi) is 6.09. The maximum Gasteiger partial charge on any atom is 0.262 e. The smallest absolute Gasteiger partial charge is 0.262 e. The molecule has 0 aliphatic rings. The van der Waals surface area contributed by atoms with Crippen molar-refractivity contribution in [2.24, 2.45) is 0 Å².